The van der Waals surface area contributed by atoms with Crippen LogP contribution in [0.2, 0.25) is 0 Å². The van der Waals surface area contributed by atoms with E-state index in [2.05, 4.69) is 10.1 Å². The zero-order chi connectivity index (χ0) is 24.8. The molecule has 0 N–H and O–H groups in total. The number of carbonyl (C=O) groups is 1. The first-order chi connectivity index (χ1) is 17.6. The lowest BCUT2D eigenvalue weighted by molar-refractivity contribution is -0.116. The van der Waals surface area contributed by atoms with Gasteiger partial charge in [0, 0.05) is 29.9 Å². The molecule has 1 aliphatic carbocycles. The maximum Gasteiger partial charge on any atom is 0.228 e. The molecule has 36 heavy (non-hydrogen) atoms. The van der Waals surface area contributed by atoms with Crippen molar-refractivity contribution in [2.45, 2.75) is 25.2 Å². The first-order valence-electron chi connectivity index (χ1n) is 11.7. The van der Waals surface area contributed by atoms with Gasteiger partial charge in [-0.25, -0.2) is 14.5 Å². The minimum Gasteiger partial charge on any atom is -0.497 e. The molecule has 9 heteroatoms. The van der Waals surface area contributed by atoms with Crippen molar-refractivity contribution in [3.05, 3.63) is 71.3 Å². The predicted octanol–water partition coefficient (Wildman–Crippen LogP) is 4.35. The molecule has 0 spiro atoms. The van der Waals surface area contributed by atoms with Crippen LogP contribution in [0, 0.1) is 0 Å². The molecule has 2 aromatic heterocycles. The number of rotatable bonds is 5. The summed E-state index contributed by atoms with van der Waals surface area (Å²) in [6.07, 6.45) is 3.54. The van der Waals surface area contributed by atoms with Gasteiger partial charge >= 0.3 is 0 Å². The number of ketones is 1. The number of aromatic nitrogens is 4. The van der Waals surface area contributed by atoms with Crippen LogP contribution >= 0.6 is 0 Å². The zero-order valence-corrected chi connectivity index (χ0v) is 20.1. The number of fused-ring (bicyclic) bond motifs is 3. The number of methoxy groups -OCH3 is 3. The van der Waals surface area contributed by atoms with E-state index in [1.54, 1.807) is 32.2 Å². The van der Waals surface area contributed by atoms with Gasteiger partial charge in [0.15, 0.2) is 28.8 Å². The summed E-state index contributed by atoms with van der Waals surface area (Å²) < 4.78 is 24.0. The standard InChI is InChI=1S/C27H24N4O5/c1-33-17-10-7-15(8-11-17)22-23-18(32)5-4-6-20(23)36-27-24(22)26-29-25(30-31(26)14-28-27)16-9-12-19(34-2)21(13-16)35-3/h7-14,22H,4-6H2,1-3H3/t22-/m0/s1. The Morgan fingerprint density at radius 2 is 1.78 bits per heavy atom. The van der Waals surface area contributed by atoms with Gasteiger partial charge < -0.3 is 18.9 Å². The summed E-state index contributed by atoms with van der Waals surface area (Å²) >= 11 is 0. The highest BCUT2D eigenvalue weighted by Gasteiger charge is 2.39. The van der Waals surface area contributed by atoms with Gasteiger partial charge in [-0.15, -0.1) is 5.10 Å². The van der Waals surface area contributed by atoms with Crippen molar-refractivity contribution in [2.24, 2.45) is 0 Å². The summed E-state index contributed by atoms with van der Waals surface area (Å²) in [6, 6.07) is 13.2. The van der Waals surface area contributed by atoms with Gasteiger partial charge in [0.25, 0.3) is 0 Å². The minimum atomic E-state index is -0.374. The quantitative estimate of drug-likeness (QED) is 0.413. The Balaban J connectivity index is 1.55. The van der Waals surface area contributed by atoms with Crippen LogP contribution in [0.3, 0.4) is 0 Å². The molecule has 182 valence electrons. The fourth-order valence-electron chi connectivity index (χ4n) is 4.94. The second-order valence-electron chi connectivity index (χ2n) is 8.66. The highest BCUT2D eigenvalue weighted by molar-refractivity contribution is 6.00. The Kier molecular flexibility index (Phi) is 5.32. The topological polar surface area (TPSA) is 97.1 Å². The smallest absolute Gasteiger partial charge is 0.228 e. The summed E-state index contributed by atoms with van der Waals surface area (Å²) in [5, 5.41) is 4.67. The highest BCUT2D eigenvalue weighted by Crippen LogP contribution is 2.47. The summed E-state index contributed by atoms with van der Waals surface area (Å²) in [5.74, 6) is 3.28. The van der Waals surface area contributed by atoms with Gasteiger partial charge in [-0.05, 0) is 42.3 Å². The maximum atomic E-state index is 13.2. The van der Waals surface area contributed by atoms with E-state index >= 15 is 0 Å². The third-order valence-corrected chi connectivity index (χ3v) is 6.68. The largest absolute Gasteiger partial charge is 0.497 e. The van der Waals surface area contributed by atoms with Crippen LogP contribution in [0.4, 0.5) is 0 Å². The number of Topliss-reactive ketones (excluding diaryl/α,β-unsaturated/α-hetero) is 1. The molecule has 2 aromatic carbocycles. The van der Waals surface area contributed by atoms with Crippen LogP contribution in [0.5, 0.6) is 23.1 Å². The number of hydrogen-bond acceptors (Lipinski definition) is 8. The van der Waals surface area contributed by atoms with Gasteiger partial charge in [-0.2, -0.15) is 0 Å². The first kappa shape index (κ1) is 22.1. The van der Waals surface area contributed by atoms with E-state index in [0.29, 0.717) is 53.0 Å². The molecule has 4 aromatic rings. The van der Waals surface area contributed by atoms with Gasteiger partial charge in [-0.1, -0.05) is 12.1 Å². The highest BCUT2D eigenvalue weighted by atomic mass is 16.5. The third kappa shape index (κ3) is 3.46. The lowest BCUT2D eigenvalue weighted by Crippen LogP contribution is -2.26. The van der Waals surface area contributed by atoms with Gasteiger partial charge in [0.1, 0.15) is 17.8 Å². The zero-order valence-electron chi connectivity index (χ0n) is 20.1. The summed E-state index contributed by atoms with van der Waals surface area (Å²) in [4.78, 5) is 22.6. The van der Waals surface area contributed by atoms with E-state index < -0.39 is 0 Å². The average Bonchev–Trinajstić information content (AvgIpc) is 3.36. The van der Waals surface area contributed by atoms with E-state index in [4.69, 9.17) is 23.9 Å². The van der Waals surface area contributed by atoms with E-state index in [1.807, 2.05) is 42.5 Å². The van der Waals surface area contributed by atoms with Crippen LogP contribution in [-0.4, -0.2) is 46.7 Å². The van der Waals surface area contributed by atoms with Crippen molar-refractivity contribution < 1.29 is 23.7 Å². The van der Waals surface area contributed by atoms with Gasteiger partial charge in [0.2, 0.25) is 5.88 Å². The first-order valence-corrected chi connectivity index (χ1v) is 11.7. The molecular weight excluding hydrogens is 460 g/mol. The summed E-state index contributed by atoms with van der Waals surface area (Å²) in [7, 11) is 4.80. The number of nitrogens with zero attached hydrogens (tertiary/aromatic N) is 4. The number of hydrogen-bond donors (Lipinski definition) is 0. The number of allylic oxidation sites excluding steroid dienone is 2. The molecule has 1 aliphatic heterocycles. The van der Waals surface area contributed by atoms with Crippen LogP contribution < -0.4 is 18.9 Å². The number of carbonyl (C=O) groups excluding carboxylic acids is 1. The van der Waals surface area contributed by atoms with Crippen LogP contribution in [0.1, 0.15) is 36.3 Å². The molecule has 0 saturated heterocycles. The second kappa shape index (κ2) is 8.67. The molecule has 0 saturated carbocycles. The van der Waals surface area contributed by atoms with Gasteiger partial charge in [-0.3, -0.25) is 4.79 Å². The Labute approximate surface area is 207 Å². The normalized spacial score (nSPS) is 16.9. The summed E-state index contributed by atoms with van der Waals surface area (Å²) in [6.45, 7) is 0. The van der Waals surface area contributed by atoms with E-state index in [9.17, 15) is 4.79 Å². The molecule has 0 amide bonds. The molecule has 0 bridgehead atoms. The van der Waals surface area contributed by atoms with Crippen molar-refractivity contribution in [1.29, 1.82) is 0 Å². The fourth-order valence-corrected chi connectivity index (χ4v) is 4.94. The van der Waals surface area contributed by atoms with E-state index in [-0.39, 0.29) is 11.7 Å². The minimum absolute atomic E-state index is 0.0874. The Bertz CT molecular complexity index is 1520. The number of ether oxygens (including phenoxy) is 4. The third-order valence-electron chi connectivity index (χ3n) is 6.68. The molecule has 9 nitrogen and oxygen atoms in total. The SMILES string of the molecule is COc1ccc([C@H]2C3=C(CCCC3=O)Oc3ncn4nc(-c5ccc(OC)c(OC)c5)nc4c32)cc1. The van der Waals surface area contributed by atoms with Crippen molar-refractivity contribution in [2.75, 3.05) is 21.3 Å². The predicted molar refractivity (Wildman–Crippen MR) is 131 cm³/mol. The molecule has 3 heterocycles. The Morgan fingerprint density at radius 1 is 0.972 bits per heavy atom. The lowest BCUT2D eigenvalue weighted by atomic mass is 9.78. The van der Waals surface area contributed by atoms with Crippen molar-refractivity contribution in [3.63, 3.8) is 0 Å². The second-order valence-corrected chi connectivity index (χ2v) is 8.66. The molecule has 2 aliphatic rings. The average molecular weight is 485 g/mol. The lowest BCUT2D eigenvalue weighted by Gasteiger charge is -2.32. The fraction of sp³-hybridized carbons (Fsp3) is 0.259. The van der Waals surface area contributed by atoms with Crippen molar-refractivity contribution in [3.8, 4) is 34.5 Å². The Hall–Kier alpha value is -4.40. The van der Waals surface area contributed by atoms with E-state index in [1.165, 1.54) is 0 Å². The van der Waals surface area contributed by atoms with Crippen LogP contribution in [0.25, 0.3) is 17.0 Å². The van der Waals surface area contributed by atoms with Gasteiger partial charge in [0.05, 0.1) is 26.9 Å². The molecule has 0 unspecified atom stereocenters. The van der Waals surface area contributed by atoms with Crippen LogP contribution in [0.15, 0.2) is 60.1 Å². The molecule has 1 atom stereocenters. The Morgan fingerprint density at radius 3 is 2.53 bits per heavy atom. The molecular formula is C27H24N4O5. The molecule has 0 radical (unpaired) electrons. The van der Waals surface area contributed by atoms with Crippen molar-refractivity contribution >= 4 is 11.4 Å². The maximum absolute atomic E-state index is 13.2. The number of benzene rings is 2. The molecule has 0 fully saturated rings. The monoisotopic (exact) mass is 484 g/mol. The molecule has 6 rings (SSSR count). The summed E-state index contributed by atoms with van der Waals surface area (Å²) in [5.41, 5.74) is 3.67. The van der Waals surface area contributed by atoms with E-state index in [0.717, 1.165) is 28.9 Å². The van der Waals surface area contributed by atoms with Crippen molar-refractivity contribution in [1.82, 2.24) is 19.6 Å². The van der Waals surface area contributed by atoms with Crippen LogP contribution in [-0.2, 0) is 4.79 Å².